The molecular weight excluding hydrogens is 460 g/mol. The summed E-state index contributed by atoms with van der Waals surface area (Å²) in [6, 6.07) is 16.6. The van der Waals surface area contributed by atoms with Crippen LogP contribution in [0.4, 0.5) is 5.69 Å². The standard InChI is InChI=1S/C28H22N2O6/c1-16-13-22(17(2)30(16)14-18-7-6-12-35-18)28(34)36-15-24(31)29-23-11-5-10-21-25(23)27(33)20-9-4-3-8-19(20)26(21)32/h3-13H,14-15H2,1-2H3,(H,29,31). The van der Waals surface area contributed by atoms with Gasteiger partial charge in [0.05, 0.1) is 29.6 Å². The molecule has 1 N–H and O–H groups in total. The van der Waals surface area contributed by atoms with Gasteiger partial charge in [-0.05, 0) is 38.1 Å². The number of ketones is 2. The zero-order chi connectivity index (χ0) is 25.4. The number of furan rings is 1. The monoisotopic (exact) mass is 482 g/mol. The summed E-state index contributed by atoms with van der Waals surface area (Å²) in [5.41, 5.74) is 3.04. The van der Waals surface area contributed by atoms with Gasteiger partial charge < -0.3 is 19.0 Å². The smallest absolute Gasteiger partial charge is 0.340 e. The summed E-state index contributed by atoms with van der Waals surface area (Å²) in [6.45, 7) is 3.58. The molecule has 5 rings (SSSR count). The Kier molecular flexibility index (Phi) is 5.85. The highest BCUT2D eigenvalue weighted by Crippen LogP contribution is 2.32. The van der Waals surface area contributed by atoms with Crippen molar-refractivity contribution in [3.63, 3.8) is 0 Å². The van der Waals surface area contributed by atoms with Gasteiger partial charge in [0.15, 0.2) is 18.2 Å². The third-order valence-corrected chi connectivity index (χ3v) is 6.25. The fourth-order valence-electron chi connectivity index (χ4n) is 4.45. The van der Waals surface area contributed by atoms with Crippen LogP contribution >= 0.6 is 0 Å². The average Bonchev–Trinajstić information content (AvgIpc) is 3.49. The van der Waals surface area contributed by atoms with Gasteiger partial charge in [0.2, 0.25) is 0 Å². The predicted octanol–water partition coefficient (Wildman–Crippen LogP) is 4.32. The van der Waals surface area contributed by atoms with Gasteiger partial charge >= 0.3 is 5.97 Å². The topological polar surface area (TPSA) is 108 Å². The number of nitrogens with one attached hydrogen (secondary N) is 1. The number of amides is 1. The molecule has 36 heavy (non-hydrogen) atoms. The SMILES string of the molecule is Cc1cc(C(=O)OCC(=O)Nc2cccc3c2C(=O)c2ccccc2C3=O)c(C)n1Cc1ccco1. The molecular formula is C28H22N2O6. The second kappa shape index (κ2) is 9.14. The van der Waals surface area contributed by atoms with Crippen molar-refractivity contribution in [1.82, 2.24) is 4.57 Å². The molecule has 0 atom stereocenters. The van der Waals surface area contributed by atoms with Gasteiger partial charge in [-0.25, -0.2) is 4.79 Å². The third-order valence-electron chi connectivity index (χ3n) is 6.25. The Morgan fingerprint density at radius 3 is 2.36 bits per heavy atom. The number of carbonyl (C=O) groups excluding carboxylic acids is 4. The van der Waals surface area contributed by atoms with Crippen molar-refractivity contribution in [2.45, 2.75) is 20.4 Å². The summed E-state index contributed by atoms with van der Waals surface area (Å²) in [4.78, 5) is 51.3. The number of carbonyl (C=O) groups is 4. The lowest BCUT2D eigenvalue weighted by atomic mass is 9.83. The number of esters is 1. The predicted molar refractivity (Wildman–Crippen MR) is 130 cm³/mol. The number of fused-ring (bicyclic) bond motifs is 2. The normalized spacial score (nSPS) is 12.2. The molecule has 1 aliphatic rings. The molecule has 2 heterocycles. The number of aryl methyl sites for hydroxylation is 1. The maximum Gasteiger partial charge on any atom is 0.340 e. The highest BCUT2D eigenvalue weighted by molar-refractivity contribution is 6.30. The van der Waals surface area contributed by atoms with Gasteiger partial charge in [-0.3, -0.25) is 14.4 Å². The van der Waals surface area contributed by atoms with Gasteiger partial charge in [-0.1, -0.05) is 36.4 Å². The molecule has 0 unspecified atom stereocenters. The summed E-state index contributed by atoms with van der Waals surface area (Å²) in [6.07, 6.45) is 1.59. The van der Waals surface area contributed by atoms with Crippen LogP contribution in [0.15, 0.2) is 71.3 Å². The van der Waals surface area contributed by atoms with Crippen LogP contribution in [0.3, 0.4) is 0 Å². The second-order valence-corrected chi connectivity index (χ2v) is 8.51. The number of hydrogen-bond donors (Lipinski definition) is 1. The Bertz CT molecular complexity index is 1530. The van der Waals surface area contributed by atoms with Crippen LogP contribution in [0, 0.1) is 13.8 Å². The number of anilines is 1. The molecule has 4 aromatic rings. The molecule has 0 saturated heterocycles. The van der Waals surface area contributed by atoms with Crippen LogP contribution < -0.4 is 5.32 Å². The first-order chi connectivity index (χ1) is 17.3. The molecule has 2 aromatic heterocycles. The lowest BCUT2D eigenvalue weighted by Gasteiger charge is -2.20. The molecule has 0 saturated carbocycles. The maximum absolute atomic E-state index is 13.1. The van der Waals surface area contributed by atoms with E-state index in [0.29, 0.717) is 23.4 Å². The Morgan fingerprint density at radius 1 is 0.917 bits per heavy atom. The number of ether oxygens (including phenoxy) is 1. The van der Waals surface area contributed by atoms with Crippen molar-refractivity contribution < 1.29 is 28.3 Å². The summed E-state index contributed by atoms with van der Waals surface area (Å²) < 4.78 is 12.6. The zero-order valence-corrected chi connectivity index (χ0v) is 19.7. The molecule has 0 fully saturated rings. The van der Waals surface area contributed by atoms with Crippen LogP contribution in [-0.2, 0) is 16.1 Å². The Morgan fingerprint density at radius 2 is 1.64 bits per heavy atom. The Labute approximate surface area is 206 Å². The minimum atomic E-state index is -0.640. The van der Waals surface area contributed by atoms with Crippen LogP contribution in [0.5, 0.6) is 0 Å². The number of hydrogen-bond acceptors (Lipinski definition) is 6. The van der Waals surface area contributed by atoms with Crippen LogP contribution in [0.1, 0.15) is 59.3 Å². The number of aromatic nitrogens is 1. The van der Waals surface area contributed by atoms with E-state index in [-0.39, 0.29) is 33.9 Å². The van der Waals surface area contributed by atoms with E-state index in [2.05, 4.69) is 5.32 Å². The molecule has 0 spiro atoms. The van der Waals surface area contributed by atoms with Crippen molar-refractivity contribution >= 4 is 29.1 Å². The maximum atomic E-state index is 13.1. The molecule has 1 aliphatic carbocycles. The molecule has 0 radical (unpaired) electrons. The van der Waals surface area contributed by atoms with Gasteiger partial charge in [-0.15, -0.1) is 0 Å². The number of rotatable bonds is 6. The van der Waals surface area contributed by atoms with E-state index < -0.39 is 18.5 Å². The lowest BCUT2D eigenvalue weighted by molar-refractivity contribution is -0.119. The fourth-order valence-corrected chi connectivity index (χ4v) is 4.45. The Balaban J connectivity index is 1.29. The molecule has 8 nitrogen and oxygen atoms in total. The van der Waals surface area contributed by atoms with Gasteiger partial charge in [0.25, 0.3) is 5.91 Å². The first-order valence-electron chi connectivity index (χ1n) is 11.3. The highest BCUT2D eigenvalue weighted by atomic mass is 16.5. The van der Waals surface area contributed by atoms with E-state index in [9.17, 15) is 19.2 Å². The summed E-state index contributed by atoms with van der Waals surface area (Å²) in [5.74, 6) is -1.15. The Hall–Kier alpha value is -4.72. The minimum Gasteiger partial charge on any atom is -0.467 e. The van der Waals surface area contributed by atoms with Crippen molar-refractivity contribution in [2.75, 3.05) is 11.9 Å². The first kappa shape index (κ1) is 23.0. The van der Waals surface area contributed by atoms with Gasteiger partial charge in [0.1, 0.15) is 5.76 Å². The largest absolute Gasteiger partial charge is 0.467 e. The van der Waals surface area contributed by atoms with Gasteiger partial charge in [-0.2, -0.15) is 0 Å². The minimum absolute atomic E-state index is 0.127. The average molecular weight is 482 g/mol. The summed E-state index contributed by atoms with van der Waals surface area (Å²) >= 11 is 0. The lowest BCUT2D eigenvalue weighted by Crippen LogP contribution is -2.26. The second-order valence-electron chi connectivity index (χ2n) is 8.51. The van der Waals surface area contributed by atoms with E-state index in [1.807, 2.05) is 17.6 Å². The van der Waals surface area contributed by atoms with E-state index in [4.69, 9.17) is 9.15 Å². The van der Waals surface area contributed by atoms with Crippen molar-refractivity contribution in [3.8, 4) is 0 Å². The molecule has 1 amide bonds. The van der Waals surface area contributed by atoms with E-state index >= 15 is 0 Å². The number of benzene rings is 2. The third kappa shape index (κ3) is 4.02. The quantitative estimate of drug-likeness (QED) is 0.361. The van der Waals surface area contributed by atoms with Crippen LogP contribution in [0.25, 0.3) is 0 Å². The molecule has 2 aromatic carbocycles. The van der Waals surface area contributed by atoms with Crippen molar-refractivity contribution in [3.05, 3.63) is 112 Å². The van der Waals surface area contributed by atoms with E-state index in [0.717, 1.165) is 11.5 Å². The molecule has 180 valence electrons. The van der Waals surface area contributed by atoms with Gasteiger partial charge in [0, 0.05) is 28.1 Å². The molecule has 0 aliphatic heterocycles. The van der Waals surface area contributed by atoms with Crippen molar-refractivity contribution in [1.29, 1.82) is 0 Å². The summed E-state index contributed by atoms with van der Waals surface area (Å²) in [5, 5.41) is 2.61. The fraction of sp³-hybridized carbons (Fsp3) is 0.143. The molecule has 8 heteroatoms. The summed E-state index contributed by atoms with van der Waals surface area (Å²) in [7, 11) is 0. The van der Waals surface area contributed by atoms with E-state index in [1.165, 1.54) is 0 Å². The van der Waals surface area contributed by atoms with Crippen LogP contribution in [0.2, 0.25) is 0 Å². The number of nitrogens with zero attached hydrogens (tertiary/aromatic N) is 1. The van der Waals surface area contributed by atoms with E-state index in [1.54, 1.807) is 67.8 Å². The van der Waals surface area contributed by atoms with Crippen molar-refractivity contribution in [2.24, 2.45) is 0 Å². The molecule has 0 bridgehead atoms. The zero-order valence-electron chi connectivity index (χ0n) is 19.7. The van der Waals surface area contributed by atoms with Crippen LogP contribution in [-0.4, -0.2) is 34.6 Å². The first-order valence-corrected chi connectivity index (χ1v) is 11.3. The highest BCUT2D eigenvalue weighted by Gasteiger charge is 2.31.